The Labute approximate surface area is 120 Å². The summed E-state index contributed by atoms with van der Waals surface area (Å²) in [6.07, 6.45) is 1.21. The average molecular weight is 290 g/mol. The molecule has 7 nitrogen and oxygen atoms in total. The van der Waals surface area contributed by atoms with Crippen LogP contribution in [0.15, 0.2) is 24.3 Å². The zero-order chi connectivity index (χ0) is 15.4. The van der Waals surface area contributed by atoms with Gasteiger partial charge in [-0.1, -0.05) is 0 Å². The van der Waals surface area contributed by atoms with E-state index < -0.39 is 18.4 Å². The SMILES string of the molecule is O=C(O)CNC(=O)c1ccc(N2C(=O)CCCC2=O)cc1. The molecular formula is C14H14N2O5. The fourth-order valence-electron chi connectivity index (χ4n) is 2.06. The molecule has 1 aromatic rings. The largest absolute Gasteiger partial charge is 0.480 e. The lowest BCUT2D eigenvalue weighted by Gasteiger charge is -2.24. The average Bonchev–Trinajstić information content (AvgIpc) is 2.45. The topological polar surface area (TPSA) is 104 Å². The van der Waals surface area contributed by atoms with Crippen molar-refractivity contribution in [2.24, 2.45) is 0 Å². The molecule has 1 aliphatic heterocycles. The van der Waals surface area contributed by atoms with Gasteiger partial charge < -0.3 is 10.4 Å². The molecule has 21 heavy (non-hydrogen) atoms. The number of nitrogens with zero attached hydrogens (tertiary/aromatic N) is 1. The maximum Gasteiger partial charge on any atom is 0.322 e. The van der Waals surface area contributed by atoms with Crippen molar-refractivity contribution in [3.05, 3.63) is 29.8 Å². The smallest absolute Gasteiger partial charge is 0.322 e. The lowest BCUT2D eigenvalue weighted by atomic mass is 10.1. The van der Waals surface area contributed by atoms with Gasteiger partial charge in [0.15, 0.2) is 0 Å². The van der Waals surface area contributed by atoms with Crippen molar-refractivity contribution in [1.29, 1.82) is 0 Å². The van der Waals surface area contributed by atoms with Crippen LogP contribution in [0.2, 0.25) is 0 Å². The molecule has 0 saturated carbocycles. The summed E-state index contributed by atoms with van der Waals surface area (Å²) in [7, 11) is 0. The van der Waals surface area contributed by atoms with Crippen LogP contribution in [0.3, 0.4) is 0 Å². The Hall–Kier alpha value is -2.70. The van der Waals surface area contributed by atoms with E-state index in [0.717, 1.165) is 4.90 Å². The Balaban J connectivity index is 2.11. The second kappa shape index (κ2) is 6.17. The van der Waals surface area contributed by atoms with E-state index in [-0.39, 0.29) is 17.4 Å². The van der Waals surface area contributed by atoms with Crippen LogP contribution < -0.4 is 10.2 Å². The Morgan fingerprint density at radius 1 is 1.10 bits per heavy atom. The monoisotopic (exact) mass is 290 g/mol. The van der Waals surface area contributed by atoms with Gasteiger partial charge in [0, 0.05) is 18.4 Å². The predicted molar refractivity (Wildman–Crippen MR) is 72.8 cm³/mol. The van der Waals surface area contributed by atoms with Crippen LogP contribution in [0.1, 0.15) is 29.6 Å². The summed E-state index contributed by atoms with van der Waals surface area (Å²) in [5.74, 6) is -2.17. The van der Waals surface area contributed by atoms with Crippen molar-refractivity contribution >= 4 is 29.4 Å². The first-order chi connectivity index (χ1) is 9.99. The maximum absolute atomic E-state index is 11.8. The zero-order valence-corrected chi connectivity index (χ0v) is 11.2. The molecule has 0 aliphatic carbocycles. The maximum atomic E-state index is 11.8. The highest BCUT2D eigenvalue weighted by Crippen LogP contribution is 2.22. The van der Waals surface area contributed by atoms with Gasteiger partial charge in [0.05, 0.1) is 5.69 Å². The van der Waals surface area contributed by atoms with Crippen molar-refractivity contribution in [1.82, 2.24) is 5.32 Å². The second-order valence-electron chi connectivity index (χ2n) is 4.60. The van der Waals surface area contributed by atoms with Gasteiger partial charge in [-0.05, 0) is 30.7 Å². The number of carbonyl (C=O) groups is 4. The van der Waals surface area contributed by atoms with Crippen LogP contribution in [0.25, 0.3) is 0 Å². The second-order valence-corrected chi connectivity index (χ2v) is 4.60. The van der Waals surface area contributed by atoms with Crippen LogP contribution in [0, 0.1) is 0 Å². The standard InChI is InChI=1S/C14H14N2O5/c17-11-2-1-3-12(18)16(11)10-6-4-9(5-7-10)14(21)15-8-13(19)20/h4-7H,1-3,8H2,(H,15,21)(H,19,20). The van der Waals surface area contributed by atoms with Crippen molar-refractivity contribution < 1.29 is 24.3 Å². The molecule has 7 heteroatoms. The van der Waals surface area contributed by atoms with Gasteiger partial charge in [-0.3, -0.25) is 24.1 Å². The first-order valence-electron chi connectivity index (χ1n) is 6.45. The van der Waals surface area contributed by atoms with E-state index in [0.29, 0.717) is 24.9 Å². The number of carboxylic acids is 1. The van der Waals surface area contributed by atoms with Gasteiger partial charge in [0.25, 0.3) is 5.91 Å². The molecule has 1 saturated heterocycles. The third-order valence-electron chi connectivity index (χ3n) is 3.07. The van der Waals surface area contributed by atoms with E-state index >= 15 is 0 Å². The summed E-state index contributed by atoms with van der Waals surface area (Å²) >= 11 is 0. The normalized spacial score (nSPS) is 15.0. The minimum absolute atomic E-state index is 0.255. The molecule has 2 N–H and O–H groups in total. The van der Waals surface area contributed by atoms with Crippen LogP contribution in [-0.2, 0) is 14.4 Å². The van der Waals surface area contributed by atoms with Crippen LogP contribution in [0.5, 0.6) is 0 Å². The van der Waals surface area contributed by atoms with Gasteiger partial charge in [-0.15, -0.1) is 0 Å². The molecule has 1 aromatic carbocycles. The predicted octanol–water partition coefficient (Wildman–Crippen LogP) is 0.544. The quantitative estimate of drug-likeness (QED) is 0.788. The first kappa shape index (κ1) is 14.7. The molecule has 2 rings (SSSR count). The van der Waals surface area contributed by atoms with Crippen LogP contribution >= 0.6 is 0 Å². The summed E-state index contributed by atoms with van der Waals surface area (Å²) in [6.45, 7) is -0.469. The zero-order valence-electron chi connectivity index (χ0n) is 11.2. The molecular weight excluding hydrogens is 276 g/mol. The van der Waals surface area contributed by atoms with Gasteiger partial charge in [-0.2, -0.15) is 0 Å². The molecule has 110 valence electrons. The highest BCUT2D eigenvalue weighted by atomic mass is 16.4. The Morgan fingerprint density at radius 3 is 2.19 bits per heavy atom. The molecule has 0 unspecified atom stereocenters. The third kappa shape index (κ3) is 3.44. The highest BCUT2D eigenvalue weighted by Gasteiger charge is 2.27. The number of nitrogens with one attached hydrogen (secondary N) is 1. The molecule has 1 heterocycles. The lowest BCUT2D eigenvalue weighted by Crippen LogP contribution is -2.40. The summed E-state index contributed by atoms with van der Waals surface area (Å²) in [5, 5.41) is 10.7. The first-order valence-corrected chi connectivity index (χ1v) is 6.45. The van der Waals surface area contributed by atoms with E-state index in [9.17, 15) is 19.2 Å². The lowest BCUT2D eigenvalue weighted by molar-refractivity contribution is -0.136. The summed E-state index contributed by atoms with van der Waals surface area (Å²) in [4.78, 5) is 46.7. The molecule has 3 amide bonds. The van der Waals surface area contributed by atoms with E-state index in [1.165, 1.54) is 24.3 Å². The molecule has 0 atom stereocenters. The number of anilines is 1. The number of hydrogen-bond acceptors (Lipinski definition) is 4. The van der Waals surface area contributed by atoms with Gasteiger partial charge in [0.2, 0.25) is 11.8 Å². The Morgan fingerprint density at radius 2 is 1.67 bits per heavy atom. The minimum Gasteiger partial charge on any atom is -0.480 e. The summed E-state index contributed by atoms with van der Waals surface area (Å²) in [6, 6.07) is 5.89. The number of carbonyl (C=O) groups excluding carboxylic acids is 3. The van der Waals surface area contributed by atoms with Gasteiger partial charge in [0.1, 0.15) is 6.54 Å². The minimum atomic E-state index is -1.13. The number of piperidine rings is 1. The van der Waals surface area contributed by atoms with Gasteiger partial charge >= 0.3 is 5.97 Å². The van der Waals surface area contributed by atoms with Crippen LogP contribution in [0.4, 0.5) is 5.69 Å². The van der Waals surface area contributed by atoms with Crippen LogP contribution in [-0.4, -0.2) is 35.3 Å². The van der Waals surface area contributed by atoms with Crippen molar-refractivity contribution in [2.45, 2.75) is 19.3 Å². The number of carboxylic acid groups (broad SMARTS) is 1. The summed E-state index contributed by atoms with van der Waals surface area (Å²) < 4.78 is 0. The molecule has 0 spiro atoms. The molecule has 0 bridgehead atoms. The number of rotatable bonds is 4. The van der Waals surface area contributed by atoms with E-state index in [2.05, 4.69) is 5.32 Å². The molecule has 1 aliphatic rings. The van der Waals surface area contributed by atoms with E-state index in [1.807, 2.05) is 0 Å². The van der Waals surface area contributed by atoms with Crippen molar-refractivity contribution in [3.63, 3.8) is 0 Å². The third-order valence-corrected chi connectivity index (χ3v) is 3.07. The molecule has 0 aromatic heterocycles. The van der Waals surface area contributed by atoms with E-state index in [1.54, 1.807) is 0 Å². The van der Waals surface area contributed by atoms with E-state index in [4.69, 9.17) is 5.11 Å². The van der Waals surface area contributed by atoms with Crippen molar-refractivity contribution in [3.8, 4) is 0 Å². The number of aliphatic carboxylic acids is 1. The summed E-state index contributed by atoms with van der Waals surface area (Å²) in [5.41, 5.74) is 0.677. The molecule has 1 fully saturated rings. The van der Waals surface area contributed by atoms with Gasteiger partial charge in [-0.25, -0.2) is 0 Å². The fraction of sp³-hybridized carbons (Fsp3) is 0.286. The number of benzene rings is 1. The highest BCUT2D eigenvalue weighted by molar-refractivity contribution is 6.16. The number of imide groups is 1. The number of hydrogen-bond donors (Lipinski definition) is 2. The van der Waals surface area contributed by atoms with Crippen molar-refractivity contribution in [2.75, 3.05) is 11.4 Å². The number of amides is 3. The molecule has 0 radical (unpaired) electrons. The fourth-order valence-corrected chi connectivity index (χ4v) is 2.06. The Kier molecular flexibility index (Phi) is 4.32. The Bertz CT molecular complexity index is 578.